The van der Waals surface area contributed by atoms with Crippen molar-refractivity contribution >= 4 is 17.2 Å². The average molecular weight is 337 g/mol. The number of pyridine rings is 2. The van der Waals surface area contributed by atoms with Crippen molar-refractivity contribution in [1.29, 1.82) is 0 Å². The molecule has 4 heterocycles. The number of hydrogen-bond acceptors (Lipinski definition) is 5. The Hall–Kier alpha value is -2.60. The van der Waals surface area contributed by atoms with Crippen LogP contribution in [0.4, 0.5) is 11.5 Å². The highest BCUT2D eigenvalue weighted by Crippen LogP contribution is 2.23. The van der Waals surface area contributed by atoms with Crippen LogP contribution in [-0.4, -0.2) is 39.2 Å². The van der Waals surface area contributed by atoms with E-state index in [-0.39, 0.29) is 0 Å². The van der Waals surface area contributed by atoms with Gasteiger partial charge in [0.05, 0.1) is 24.1 Å². The van der Waals surface area contributed by atoms with Crippen molar-refractivity contribution in [2.45, 2.75) is 19.4 Å². The van der Waals surface area contributed by atoms with Gasteiger partial charge in [-0.15, -0.1) is 0 Å². The molecule has 3 aromatic rings. The third-order valence-electron chi connectivity index (χ3n) is 4.85. The van der Waals surface area contributed by atoms with E-state index in [9.17, 15) is 5.11 Å². The van der Waals surface area contributed by atoms with Crippen molar-refractivity contribution in [2.24, 2.45) is 5.92 Å². The summed E-state index contributed by atoms with van der Waals surface area (Å²) < 4.78 is 2.02. The van der Waals surface area contributed by atoms with Gasteiger partial charge in [-0.2, -0.15) is 0 Å². The molecule has 6 nitrogen and oxygen atoms in total. The van der Waals surface area contributed by atoms with Gasteiger partial charge in [-0.3, -0.25) is 0 Å². The van der Waals surface area contributed by atoms with Gasteiger partial charge in [0.25, 0.3) is 0 Å². The second-order valence-corrected chi connectivity index (χ2v) is 6.57. The second kappa shape index (κ2) is 7.11. The van der Waals surface area contributed by atoms with E-state index in [2.05, 4.69) is 26.3 Å². The fraction of sp³-hybridized carbons (Fsp3) is 0.368. The number of imidazole rings is 1. The molecule has 0 spiro atoms. The topological polar surface area (TPSA) is 65.7 Å². The lowest BCUT2D eigenvalue weighted by Gasteiger charge is -2.32. The molecule has 1 aliphatic heterocycles. The largest absolute Gasteiger partial charge is 0.396 e. The molecule has 0 aromatic carbocycles. The maximum Gasteiger partial charge on any atom is 0.137 e. The number of aromatic nitrogens is 3. The van der Waals surface area contributed by atoms with Gasteiger partial charge >= 0.3 is 0 Å². The number of aliphatic hydroxyl groups excluding tert-OH is 1. The molecule has 25 heavy (non-hydrogen) atoms. The Morgan fingerprint density at radius 1 is 1.16 bits per heavy atom. The fourth-order valence-electron chi connectivity index (χ4n) is 3.30. The summed E-state index contributed by atoms with van der Waals surface area (Å²) in [6, 6.07) is 10.1. The molecule has 0 aliphatic carbocycles. The zero-order chi connectivity index (χ0) is 17.1. The van der Waals surface area contributed by atoms with E-state index < -0.39 is 0 Å². The quantitative estimate of drug-likeness (QED) is 0.749. The van der Waals surface area contributed by atoms with Crippen LogP contribution in [0.5, 0.6) is 0 Å². The van der Waals surface area contributed by atoms with Gasteiger partial charge in [-0.25, -0.2) is 9.97 Å². The second-order valence-electron chi connectivity index (χ2n) is 6.57. The van der Waals surface area contributed by atoms with Gasteiger partial charge in [-0.05, 0) is 43.0 Å². The minimum Gasteiger partial charge on any atom is -0.396 e. The molecule has 0 amide bonds. The van der Waals surface area contributed by atoms with Gasteiger partial charge in [0.15, 0.2) is 0 Å². The Labute approximate surface area is 147 Å². The summed E-state index contributed by atoms with van der Waals surface area (Å²) in [4.78, 5) is 11.4. The summed E-state index contributed by atoms with van der Waals surface area (Å²) in [6.07, 6.45) is 8.04. The van der Waals surface area contributed by atoms with Crippen LogP contribution in [0, 0.1) is 5.92 Å². The first kappa shape index (κ1) is 15.9. The van der Waals surface area contributed by atoms with Crippen LogP contribution in [0.1, 0.15) is 18.5 Å². The molecular weight excluding hydrogens is 314 g/mol. The van der Waals surface area contributed by atoms with E-state index in [1.54, 1.807) is 0 Å². The predicted octanol–water partition coefficient (Wildman–Crippen LogP) is 2.55. The van der Waals surface area contributed by atoms with Gasteiger partial charge in [0, 0.05) is 32.1 Å². The molecule has 0 saturated carbocycles. The average Bonchev–Trinajstić information content (AvgIpc) is 3.10. The van der Waals surface area contributed by atoms with Crippen LogP contribution < -0.4 is 10.2 Å². The van der Waals surface area contributed by atoms with E-state index in [1.165, 1.54) is 0 Å². The number of nitrogens with zero attached hydrogens (tertiary/aromatic N) is 4. The smallest absolute Gasteiger partial charge is 0.137 e. The third-order valence-corrected chi connectivity index (χ3v) is 4.85. The Kier molecular flexibility index (Phi) is 4.52. The summed E-state index contributed by atoms with van der Waals surface area (Å²) in [6.45, 7) is 2.93. The molecule has 0 bridgehead atoms. The lowest BCUT2D eigenvalue weighted by atomic mass is 9.98. The first-order chi connectivity index (χ1) is 12.3. The number of hydrogen-bond donors (Lipinski definition) is 2. The standard InChI is InChI=1S/C19H23N5O/c25-14-15-6-9-23(10-7-15)17-4-5-18(21-12-17)20-11-16-13-24-8-2-1-3-19(24)22-16/h1-5,8,12-13,15,25H,6-7,9-11,14H2,(H,20,21). The number of aliphatic hydroxyl groups is 1. The van der Waals surface area contributed by atoms with E-state index in [0.29, 0.717) is 19.1 Å². The van der Waals surface area contributed by atoms with Crippen molar-refractivity contribution in [3.8, 4) is 0 Å². The molecule has 0 unspecified atom stereocenters. The summed E-state index contributed by atoms with van der Waals surface area (Å²) in [5, 5.41) is 12.6. The molecule has 0 atom stereocenters. The molecule has 4 rings (SSSR count). The zero-order valence-electron chi connectivity index (χ0n) is 14.2. The van der Waals surface area contributed by atoms with Gasteiger partial charge in [0.1, 0.15) is 11.5 Å². The summed E-state index contributed by atoms with van der Waals surface area (Å²) in [7, 11) is 0. The van der Waals surface area contributed by atoms with Crippen LogP contribution in [-0.2, 0) is 6.54 Å². The zero-order valence-corrected chi connectivity index (χ0v) is 14.2. The van der Waals surface area contributed by atoms with Crippen LogP contribution in [0.15, 0.2) is 48.9 Å². The van der Waals surface area contributed by atoms with Crippen LogP contribution in [0.25, 0.3) is 5.65 Å². The number of fused-ring (bicyclic) bond motifs is 1. The highest BCUT2D eigenvalue weighted by Gasteiger charge is 2.18. The van der Waals surface area contributed by atoms with Crippen LogP contribution in [0.2, 0.25) is 0 Å². The van der Waals surface area contributed by atoms with Crippen molar-refractivity contribution in [3.05, 3.63) is 54.6 Å². The van der Waals surface area contributed by atoms with E-state index >= 15 is 0 Å². The summed E-state index contributed by atoms with van der Waals surface area (Å²) in [5.41, 5.74) is 3.09. The van der Waals surface area contributed by atoms with E-state index in [0.717, 1.165) is 48.8 Å². The summed E-state index contributed by atoms with van der Waals surface area (Å²) >= 11 is 0. The molecule has 6 heteroatoms. The molecule has 1 saturated heterocycles. The highest BCUT2D eigenvalue weighted by molar-refractivity contribution is 5.50. The number of piperidine rings is 1. The molecule has 0 radical (unpaired) electrons. The molecule has 3 aromatic heterocycles. The van der Waals surface area contributed by atoms with E-state index in [1.807, 2.05) is 47.3 Å². The normalized spacial score (nSPS) is 15.6. The monoisotopic (exact) mass is 337 g/mol. The van der Waals surface area contributed by atoms with Crippen molar-refractivity contribution < 1.29 is 5.11 Å². The molecule has 2 N–H and O–H groups in total. The highest BCUT2D eigenvalue weighted by atomic mass is 16.3. The van der Waals surface area contributed by atoms with Gasteiger partial charge < -0.3 is 19.7 Å². The Balaban J connectivity index is 1.36. The predicted molar refractivity (Wildman–Crippen MR) is 98.8 cm³/mol. The Bertz CT molecular complexity index is 788. The minimum absolute atomic E-state index is 0.304. The fourth-order valence-corrected chi connectivity index (χ4v) is 3.30. The summed E-state index contributed by atoms with van der Waals surface area (Å²) in [5.74, 6) is 1.31. The molecule has 1 aliphatic rings. The first-order valence-corrected chi connectivity index (χ1v) is 8.80. The number of nitrogens with one attached hydrogen (secondary N) is 1. The molecular formula is C19H23N5O. The van der Waals surface area contributed by atoms with Crippen LogP contribution >= 0.6 is 0 Å². The number of rotatable bonds is 5. The maximum atomic E-state index is 9.24. The molecule has 1 fully saturated rings. The maximum absolute atomic E-state index is 9.24. The lowest BCUT2D eigenvalue weighted by molar-refractivity contribution is 0.203. The SMILES string of the molecule is OCC1CCN(c2ccc(NCc3cn4ccccc4n3)nc2)CC1. The number of anilines is 2. The van der Waals surface area contributed by atoms with Gasteiger partial charge in [-0.1, -0.05) is 6.07 Å². The minimum atomic E-state index is 0.304. The Morgan fingerprint density at radius 2 is 2.04 bits per heavy atom. The van der Waals surface area contributed by atoms with Crippen molar-refractivity contribution in [2.75, 3.05) is 29.9 Å². The van der Waals surface area contributed by atoms with E-state index in [4.69, 9.17) is 0 Å². The lowest BCUT2D eigenvalue weighted by Crippen LogP contribution is -2.34. The van der Waals surface area contributed by atoms with Crippen molar-refractivity contribution in [3.63, 3.8) is 0 Å². The van der Waals surface area contributed by atoms with Gasteiger partial charge in [0.2, 0.25) is 0 Å². The van der Waals surface area contributed by atoms with Crippen LogP contribution in [0.3, 0.4) is 0 Å². The van der Waals surface area contributed by atoms with Crippen molar-refractivity contribution in [1.82, 2.24) is 14.4 Å². The first-order valence-electron chi connectivity index (χ1n) is 8.80. The molecule has 130 valence electrons. The Morgan fingerprint density at radius 3 is 2.76 bits per heavy atom. The third kappa shape index (κ3) is 3.58.